The van der Waals surface area contributed by atoms with Crippen molar-refractivity contribution in [1.29, 1.82) is 5.26 Å². The highest BCUT2D eigenvalue weighted by atomic mass is 19.1. The summed E-state index contributed by atoms with van der Waals surface area (Å²) >= 11 is 0. The minimum absolute atomic E-state index is 0.00153. The number of aromatic nitrogens is 2. The average molecular weight is 516 g/mol. The summed E-state index contributed by atoms with van der Waals surface area (Å²) in [7, 11) is 0. The number of nitriles is 1. The van der Waals surface area contributed by atoms with Crippen molar-refractivity contribution in [2.24, 2.45) is 0 Å². The summed E-state index contributed by atoms with van der Waals surface area (Å²) in [6, 6.07) is 13.7. The summed E-state index contributed by atoms with van der Waals surface area (Å²) in [5, 5.41) is 12.2. The molecule has 1 aliphatic heterocycles. The van der Waals surface area contributed by atoms with E-state index in [2.05, 4.69) is 16.4 Å². The van der Waals surface area contributed by atoms with Gasteiger partial charge in [0.2, 0.25) is 0 Å². The van der Waals surface area contributed by atoms with Gasteiger partial charge in [-0.2, -0.15) is 5.26 Å². The zero-order valence-electron chi connectivity index (χ0n) is 20.4. The Kier molecular flexibility index (Phi) is 6.75. The van der Waals surface area contributed by atoms with Gasteiger partial charge in [-0.05, 0) is 48.9 Å². The number of benzene rings is 2. The first-order valence-electron chi connectivity index (χ1n) is 12.0. The lowest BCUT2D eigenvalue weighted by atomic mass is 10.1. The molecule has 1 fully saturated rings. The molecular weight excluding hydrogens is 492 g/mol. The Labute approximate surface area is 216 Å². The molecule has 0 radical (unpaired) electrons. The van der Waals surface area contributed by atoms with Gasteiger partial charge in [-0.1, -0.05) is 6.07 Å². The van der Waals surface area contributed by atoms with Crippen LogP contribution in [0.1, 0.15) is 34.3 Å². The molecule has 3 heterocycles. The van der Waals surface area contributed by atoms with Gasteiger partial charge in [0.15, 0.2) is 11.6 Å². The number of pyridine rings is 1. The van der Waals surface area contributed by atoms with Crippen LogP contribution in [0.3, 0.4) is 0 Å². The number of amides is 1. The molecule has 0 saturated carbocycles. The predicted octanol–water partition coefficient (Wildman–Crippen LogP) is 4.45. The molecule has 0 aliphatic carbocycles. The number of hydrogen-bond acceptors (Lipinski definition) is 6. The van der Waals surface area contributed by atoms with E-state index in [0.717, 1.165) is 17.7 Å². The quantitative estimate of drug-likeness (QED) is 0.422. The molecule has 0 spiro atoms. The van der Waals surface area contributed by atoms with E-state index in [0.29, 0.717) is 48.5 Å². The molecule has 1 saturated heterocycles. The van der Waals surface area contributed by atoms with Crippen LogP contribution in [0, 0.1) is 29.9 Å². The number of piperidine rings is 1. The molecule has 0 bridgehead atoms. The lowest BCUT2D eigenvalue weighted by Gasteiger charge is -2.34. The van der Waals surface area contributed by atoms with Crippen molar-refractivity contribution >= 4 is 22.9 Å². The second-order valence-corrected chi connectivity index (χ2v) is 9.09. The van der Waals surface area contributed by atoms with E-state index in [1.165, 1.54) is 16.7 Å². The number of carbonyl (C=O) groups is 1. The zero-order valence-corrected chi connectivity index (χ0v) is 20.4. The molecule has 1 amide bonds. The number of aryl methyl sites for hydroxylation is 1. The molecule has 38 heavy (non-hydrogen) atoms. The fourth-order valence-corrected chi connectivity index (χ4v) is 4.47. The number of ether oxygens (including phenoxy) is 1. The first-order chi connectivity index (χ1) is 18.3. The van der Waals surface area contributed by atoms with Crippen LogP contribution in [0.15, 0.2) is 65.7 Å². The molecular formula is C28H23F2N5O3. The van der Waals surface area contributed by atoms with Gasteiger partial charge in [-0.25, -0.2) is 13.8 Å². The highest BCUT2D eigenvalue weighted by Crippen LogP contribution is 2.31. The predicted molar refractivity (Wildman–Crippen MR) is 138 cm³/mol. The van der Waals surface area contributed by atoms with Gasteiger partial charge in [0.25, 0.3) is 11.5 Å². The first kappa shape index (κ1) is 24.9. The third-order valence-corrected chi connectivity index (χ3v) is 6.44. The van der Waals surface area contributed by atoms with Crippen molar-refractivity contribution in [2.45, 2.75) is 25.9 Å². The molecule has 5 rings (SSSR count). The highest BCUT2D eigenvalue weighted by Gasteiger charge is 2.25. The smallest absolute Gasteiger partial charge is 0.270 e. The van der Waals surface area contributed by atoms with E-state index in [1.54, 1.807) is 30.5 Å². The van der Waals surface area contributed by atoms with Crippen LogP contribution in [-0.2, 0) is 0 Å². The third kappa shape index (κ3) is 5.04. The molecule has 1 aliphatic rings. The SMILES string of the molecule is Cc1ccc2ncc(C(=O)Nc3cc(C#N)ccc3N3CCC(Oc4ccc(F)cc4F)CC3)c(=O)n2c1. The molecule has 2 aromatic carbocycles. The van der Waals surface area contributed by atoms with Gasteiger partial charge >= 0.3 is 0 Å². The van der Waals surface area contributed by atoms with Crippen LogP contribution in [-0.4, -0.2) is 34.5 Å². The number of nitrogens with one attached hydrogen (secondary N) is 1. The second kappa shape index (κ2) is 10.3. The second-order valence-electron chi connectivity index (χ2n) is 9.09. The summed E-state index contributed by atoms with van der Waals surface area (Å²) < 4.78 is 34.3. The minimum atomic E-state index is -0.751. The third-order valence-electron chi connectivity index (χ3n) is 6.44. The Hall–Kier alpha value is -4.78. The first-order valence-corrected chi connectivity index (χ1v) is 12.0. The van der Waals surface area contributed by atoms with Crippen LogP contribution < -0.4 is 20.5 Å². The summed E-state index contributed by atoms with van der Waals surface area (Å²) in [6.07, 6.45) is 3.70. The molecule has 0 atom stereocenters. The van der Waals surface area contributed by atoms with Gasteiger partial charge in [-0.15, -0.1) is 0 Å². The normalized spacial score (nSPS) is 13.8. The molecule has 10 heteroatoms. The van der Waals surface area contributed by atoms with Gasteiger partial charge in [-0.3, -0.25) is 14.0 Å². The lowest BCUT2D eigenvalue weighted by Crippen LogP contribution is -2.39. The maximum atomic E-state index is 14.0. The number of rotatable bonds is 5. The summed E-state index contributed by atoms with van der Waals surface area (Å²) in [5.41, 5.74) is 2.04. The van der Waals surface area contributed by atoms with Crippen molar-refractivity contribution in [3.8, 4) is 11.8 Å². The lowest BCUT2D eigenvalue weighted by molar-refractivity contribution is 0.102. The molecule has 1 N–H and O–H groups in total. The van der Waals surface area contributed by atoms with Gasteiger partial charge < -0.3 is 15.0 Å². The van der Waals surface area contributed by atoms with Crippen molar-refractivity contribution in [2.75, 3.05) is 23.3 Å². The van der Waals surface area contributed by atoms with Crippen molar-refractivity contribution < 1.29 is 18.3 Å². The number of fused-ring (bicyclic) bond motifs is 1. The Morgan fingerprint density at radius 2 is 1.92 bits per heavy atom. The van der Waals surface area contributed by atoms with Crippen molar-refractivity contribution in [3.63, 3.8) is 0 Å². The fourth-order valence-electron chi connectivity index (χ4n) is 4.47. The Bertz CT molecular complexity index is 1640. The summed E-state index contributed by atoms with van der Waals surface area (Å²) in [4.78, 5) is 32.4. The topological polar surface area (TPSA) is 99.7 Å². The molecule has 4 aromatic rings. The van der Waals surface area contributed by atoms with E-state index >= 15 is 0 Å². The van der Waals surface area contributed by atoms with Gasteiger partial charge in [0.1, 0.15) is 23.1 Å². The summed E-state index contributed by atoms with van der Waals surface area (Å²) in [5.74, 6) is -2.06. The Morgan fingerprint density at radius 3 is 2.66 bits per heavy atom. The van der Waals surface area contributed by atoms with Crippen LogP contribution in [0.5, 0.6) is 5.75 Å². The van der Waals surface area contributed by atoms with Crippen LogP contribution >= 0.6 is 0 Å². The van der Waals surface area contributed by atoms with E-state index in [4.69, 9.17) is 4.74 Å². The van der Waals surface area contributed by atoms with Crippen LogP contribution in [0.4, 0.5) is 20.2 Å². The maximum absolute atomic E-state index is 14.0. The average Bonchev–Trinajstić information content (AvgIpc) is 2.91. The van der Waals surface area contributed by atoms with E-state index in [1.807, 2.05) is 17.9 Å². The van der Waals surface area contributed by atoms with E-state index < -0.39 is 23.1 Å². The van der Waals surface area contributed by atoms with Gasteiger partial charge in [0.05, 0.1) is 23.0 Å². The molecule has 0 unspecified atom stereocenters. The largest absolute Gasteiger partial charge is 0.487 e. The fraction of sp³-hybridized carbons (Fsp3) is 0.214. The number of hydrogen-bond donors (Lipinski definition) is 1. The molecule has 2 aromatic heterocycles. The Balaban J connectivity index is 1.35. The van der Waals surface area contributed by atoms with Crippen molar-refractivity contribution in [3.05, 3.63) is 99.6 Å². The van der Waals surface area contributed by atoms with Gasteiger partial charge in [0, 0.05) is 44.4 Å². The number of nitrogens with zero attached hydrogens (tertiary/aromatic N) is 4. The van der Waals surface area contributed by atoms with Crippen LogP contribution in [0.2, 0.25) is 0 Å². The minimum Gasteiger partial charge on any atom is -0.487 e. The zero-order chi connectivity index (χ0) is 26.8. The number of carbonyl (C=O) groups excluding carboxylic acids is 1. The van der Waals surface area contributed by atoms with Crippen LogP contribution in [0.25, 0.3) is 5.65 Å². The molecule has 192 valence electrons. The monoisotopic (exact) mass is 515 g/mol. The number of anilines is 2. The summed E-state index contributed by atoms with van der Waals surface area (Å²) in [6.45, 7) is 2.89. The van der Waals surface area contributed by atoms with Crippen molar-refractivity contribution in [1.82, 2.24) is 9.38 Å². The number of halogens is 2. The Morgan fingerprint density at radius 1 is 1.13 bits per heavy atom. The maximum Gasteiger partial charge on any atom is 0.270 e. The standard InChI is InChI=1S/C28H23F2N5O3/c1-17-2-7-26-32-15-21(28(37)35(26)16-17)27(36)33-23-12-18(14-31)3-5-24(23)34-10-8-20(9-11-34)38-25-6-4-19(29)13-22(25)30/h2-7,12-13,15-16,20H,8-11H2,1H3,(H,33,36). The van der Waals surface area contributed by atoms with E-state index in [-0.39, 0.29) is 17.4 Å². The highest BCUT2D eigenvalue weighted by molar-refractivity contribution is 6.05. The molecule has 8 nitrogen and oxygen atoms in total. The van der Waals surface area contributed by atoms with E-state index in [9.17, 15) is 23.6 Å².